The Kier molecular flexibility index (Phi) is 6.01. The van der Waals surface area contributed by atoms with Gasteiger partial charge in [-0.2, -0.15) is 0 Å². The molecule has 0 spiro atoms. The van der Waals surface area contributed by atoms with Crippen LogP contribution < -0.4 is 5.73 Å². The summed E-state index contributed by atoms with van der Waals surface area (Å²) in [6, 6.07) is 25.9. The van der Waals surface area contributed by atoms with Crippen LogP contribution in [-0.4, -0.2) is 63.1 Å². The minimum absolute atomic E-state index is 0.0414. The predicted octanol–water partition coefficient (Wildman–Crippen LogP) is 5.85. The van der Waals surface area contributed by atoms with E-state index in [9.17, 15) is 9.59 Å². The van der Waals surface area contributed by atoms with Gasteiger partial charge in [-0.1, -0.05) is 66.7 Å². The first-order valence-corrected chi connectivity index (χ1v) is 16.3. The number of benzene rings is 4. The fourth-order valence-electron chi connectivity index (χ4n) is 8.94. The molecule has 6 aromatic rings. The standard InChI is InChI=1S/C38H37N5O4/c1-21(39)36(44)40(3)28-18-29-42-26-16-10-8-14-23(26)31-32-25(20-41(37(32)45)19-22-12-6-5-7-13-22)30-24-15-9-11-17-27(24)43(34(30)33(31)42)38(2,47-29)35(28)46-4/h5-17,21,28-29,35H,18-20,39H2,1-4H3/t21-,28+,29+,35+,38-/m0/s1. The molecule has 0 saturated carbocycles. The molecule has 4 aromatic carbocycles. The highest BCUT2D eigenvalue weighted by Gasteiger charge is 2.55. The lowest BCUT2D eigenvalue weighted by Crippen LogP contribution is -2.62. The van der Waals surface area contributed by atoms with Crippen molar-refractivity contribution in [2.24, 2.45) is 5.73 Å². The minimum Gasteiger partial charge on any atom is -0.374 e. The van der Waals surface area contributed by atoms with Crippen LogP contribution in [-0.2, 0) is 33.1 Å². The molecule has 5 atom stereocenters. The molecule has 9 heteroatoms. The lowest BCUT2D eigenvalue weighted by Gasteiger charge is -2.50. The van der Waals surface area contributed by atoms with Gasteiger partial charge in [0.15, 0.2) is 5.72 Å². The first-order chi connectivity index (χ1) is 22.7. The summed E-state index contributed by atoms with van der Waals surface area (Å²) in [7, 11) is 3.51. The molecule has 1 fully saturated rings. The third kappa shape index (κ3) is 3.64. The van der Waals surface area contributed by atoms with Crippen LogP contribution in [0.25, 0.3) is 43.6 Å². The van der Waals surface area contributed by atoms with E-state index in [-0.39, 0.29) is 17.9 Å². The summed E-state index contributed by atoms with van der Waals surface area (Å²) in [5.74, 6) is -0.107. The molecule has 2 bridgehead atoms. The molecule has 0 unspecified atom stereocenters. The van der Waals surface area contributed by atoms with Crippen molar-refractivity contribution in [2.75, 3.05) is 14.2 Å². The zero-order valence-corrected chi connectivity index (χ0v) is 26.9. The number of ether oxygens (including phenoxy) is 2. The fraction of sp³-hybridized carbons (Fsp3) is 0.316. The van der Waals surface area contributed by atoms with E-state index < -0.39 is 24.1 Å². The first kappa shape index (κ1) is 28.5. The zero-order valence-electron chi connectivity index (χ0n) is 26.9. The highest BCUT2D eigenvalue weighted by molar-refractivity contribution is 6.31. The monoisotopic (exact) mass is 627 g/mol. The number of methoxy groups -OCH3 is 1. The van der Waals surface area contributed by atoms with E-state index in [2.05, 4.69) is 58.5 Å². The maximum atomic E-state index is 14.6. The van der Waals surface area contributed by atoms with E-state index >= 15 is 0 Å². The second-order valence-corrected chi connectivity index (χ2v) is 13.5. The average molecular weight is 628 g/mol. The predicted molar refractivity (Wildman–Crippen MR) is 182 cm³/mol. The number of fused-ring (bicyclic) bond motifs is 13. The molecule has 2 aromatic heterocycles. The van der Waals surface area contributed by atoms with Crippen LogP contribution in [0, 0.1) is 0 Å². The van der Waals surface area contributed by atoms with Gasteiger partial charge in [-0.3, -0.25) is 9.59 Å². The largest absolute Gasteiger partial charge is 0.374 e. The van der Waals surface area contributed by atoms with Crippen molar-refractivity contribution in [3.05, 3.63) is 95.6 Å². The van der Waals surface area contributed by atoms with E-state index in [0.717, 1.165) is 60.3 Å². The highest BCUT2D eigenvalue weighted by Crippen LogP contribution is 2.54. The van der Waals surface area contributed by atoms with Crippen molar-refractivity contribution in [1.82, 2.24) is 18.9 Å². The summed E-state index contributed by atoms with van der Waals surface area (Å²) in [5, 5.41) is 4.11. The first-order valence-electron chi connectivity index (χ1n) is 16.3. The summed E-state index contributed by atoms with van der Waals surface area (Å²) >= 11 is 0. The Hall–Kier alpha value is -4.70. The molecule has 3 aliphatic rings. The minimum atomic E-state index is -1.01. The van der Waals surface area contributed by atoms with Gasteiger partial charge < -0.3 is 34.1 Å². The number of carbonyl (C=O) groups is 2. The Balaban J connectivity index is 1.41. The van der Waals surface area contributed by atoms with E-state index in [0.29, 0.717) is 19.5 Å². The van der Waals surface area contributed by atoms with Gasteiger partial charge in [-0.05, 0) is 37.1 Å². The van der Waals surface area contributed by atoms with Crippen LogP contribution in [0.3, 0.4) is 0 Å². The Labute approximate surface area is 272 Å². The second-order valence-electron chi connectivity index (χ2n) is 13.5. The Bertz CT molecular complexity index is 2290. The van der Waals surface area contributed by atoms with Crippen LogP contribution >= 0.6 is 0 Å². The van der Waals surface area contributed by atoms with Crippen molar-refractivity contribution < 1.29 is 19.1 Å². The lowest BCUT2D eigenvalue weighted by atomic mass is 9.91. The van der Waals surface area contributed by atoms with Gasteiger partial charge in [0.25, 0.3) is 5.91 Å². The molecular weight excluding hydrogens is 590 g/mol. The summed E-state index contributed by atoms with van der Waals surface area (Å²) in [4.78, 5) is 31.8. The Morgan fingerprint density at radius 1 is 1.00 bits per heavy atom. The van der Waals surface area contributed by atoms with Crippen LogP contribution in [0.2, 0.25) is 0 Å². The fourth-order valence-corrected chi connectivity index (χ4v) is 8.94. The summed E-state index contributed by atoms with van der Waals surface area (Å²) in [6.45, 7) is 4.84. The van der Waals surface area contributed by atoms with Crippen molar-refractivity contribution in [3.8, 4) is 0 Å². The number of carbonyl (C=O) groups excluding carboxylic acids is 2. The molecule has 2 amide bonds. The zero-order chi connectivity index (χ0) is 32.4. The van der Waals surface area contributed by atoms with Gasteiger partial charge in [-0.25, -0.2) is 0 Å². The Morgan fingerprint density at radius 3 is 2.36 bits per heavy atom. The number of nitrogens with zero attached hydrogens (tertiary/aromatic N) is 4. The van der Waals surface area contributed by atoms with Gasteiger partial charge in [0.05, 0.1) is 39.7 Å². The van der Waals surface area contributed by atoms with Crippen LogP contribution in [0.4, 0.5) is 0 Å². The van der Waals surface area contributed by atoms with Crippen molar-refractivity contribution in [2.45, 2.75) is 63.5 Å². The van der Waals surface area contributed by atoms with E-state index in [4.69, 9.17) is 15.2 Å². The molecule has 9 rings (SSSR count). The van der Waals surface area contributed by atoms with Gasteiger partial charge in [0.1, 0.15) is 12.3 Å². The quantitative estimate of drug-likeness (QED) is 0.259. The summed E-state index contributed by atoms with van der Waals surface area (Å²) < 4.78 is 18.2. The van der Waals surface area contributed by atoms with Gasteiger partial charge in [0.2, 0.25) is 5.91 Å². The van der Waals surface area contributed by atoms with Crippen LogP contribution in [0.5, 0.6) is 0 Å². The maximum Gasteiger partial charge on any atom is 0.255 e. The topological polar surface area (TPSA) is 95.0 Å². The molecule has 5 heterocycles. The third-order valence-corrected chi connectivity index (χ3v) is 10.8. The van der Waals surface area contributed by atoms with Crippen molar-refractivity contribution in [3.63, 3.8) is 0 Å². The lowest BCUT2D eigenvalue weighted by molar-refractivity contribution is -0.266. The number of nitrogens with two attached hydrogens (primary N) is 1. The van der Waals surface area contributed by atoms with Crippen LogP contribution in [0.15, 0.2) is 78.9 Å². The molecule has 47 heavy (non-hydrogen) atoms. The van der Waals surface area contributed by atoms with Crippen molar-refractivity contribution >= 4 is 55.4 Å². The Morgan fingerprint density at radius 2 is 1.66 bits per heavy atom. The van der Waals surface area contributed by atoms with Gasteiger partial charge in [0, 0.05) is 55.2 Å². The summed E-state index contributed by atoms with van der Waals surface area (Å²) in [5.41, 5.74) is 12.0. The molecule has 1 saturated heterocycles. The number of hydrogen-bond acceptors (Lipinski definition) is 5. The number of amides is 2. The summed E-state index contributed by atoms with van der Waals surface area (Å²) in [6.07, 6.45) is -0.466. The van der Waals surface area contributed by atoms with E-state index in [1.165, 1.54) is 0 Å². The molecular formula is C38H37N5O4. The second kappa shape index (κ2) is 9.90. The number of rotatable bonds is 5. The maximum absolute atomic E-state index is 14.6. The van der Waals surface area contributed by atoms with Gasteiger partial charge >= 0.3 is 0 Å². The van der Waals surface area contributed by atoms with E-state index in [1.807, 2.05) is 48.3 Å². The number of likely N-dealkylation sites (N-methyl/N-ethyl adjacent to an activating group) is 1. The number of para-hydroxylation sites is 2. The molecule has 9 nitrogen and oxygen atoms in total. The van der Waals surface area contributed by atoms with Gasteiger partial charge in [-0.15, -0.1) is 0 Å². The normalized spacial score (nSPS) is 24.1. The SMILES string of the molecule is CO[C@@H]1[C@H](N(C)C(=O)[C@H](C)N)C[C@H]2O[C@]1(C)n1c3ccccc3c3c4c(c5c6ccccc6n2c5c31)C(=O)N(Cc1ccccc1)C4. The van der Waals surface area contributed by atoms with E-state index in [1.54, 1.807) is 18.9 Å². The molecule has 238 valence electrons. The number of hydrogen-bond donors (Lipinski definition) is 1. The third-order valence-electron chi connectivity index (χ3n) is 10.8. The number of aromatic nitrogens is 2. The average Bonchev–Trinajstić information content (AvgIpc) is 3.69. The van der Waals surface area contributed by atoms with Crippen molar-refractivity contribution in [1.29, 1.82) is 0 Å². The molecule has 0 radical (unpaired) electrons. The molecule has 0 aliphatic carbocycles. The molecule has 3 aliphatic heterocycles. The van der Waals surface area contributed by atoms with Crippen LogP contribution in [0.1, 0.15) is 48.0 Å². The smallest absolute Gasteiger partial charge is 0.255 e. The highest BCUT2D eigenvalue weighted by atomic mass is 16.6. The molecule has 2 N–H and O–H groups in total.